The molecule has 2 amide bonds. The van der Waals surface area contributed by atoms with Crippen LogP contribution in [0.2, 0.25) is 0 Å². The average molecular weight is 406 g/mol. The Bertz CT molecular complexity index is 676. The van der Waals surface area contributed by atoms with Crippen LogP contribution in [0.3, 0.4) is 0 Å². The van der Waals surface area contributed by atoms with Crippen LogP contribution in [0, 0.1) is 11.7 Å². The van der Waals surface area contributed by atoms with E-state index < -0.39 is 6.04 Å². The molecule has 0 bridgehead atoms. The smallest absolute Gasteiger partial charge is 0.225 e. The highest BCUT2D eigenvalue weighted by atomic mass is 19.1. The van der Waals surface area contributed by atoms with Gasteiger partial charge in [-0.3, -0.25) is 9.59 Å². The van der Waals surface area contributed by atoms with E-state index >= 15 is 0 Å². The third kappa shape index (κ3) is 5.76. The first-order valence-electron chi connectivity index (χ1n) is 10.6. The van der Waals surface area contributed by atoms with Crippen molar-refractivity contribution in [2.75, 3.05) is 46.4 Å². The highest BCUT2D eigenvalue weighted by molar-refractivity contribution is 5.85. The molecule has 1 N–H and O–H groups in total. The Labute approximate surface area is 172 Å². The van der Waals surface area contributed by atoms with Gasteiger partial charge in [0, 0.05) is 33.2 Å². The molecule has 0 saturated carbocycles. The first-order valence-corrected chi connectivity index (χ1v) is 10.6. The minimum absolute atomic E-state index is 0.00809. The van der Waals surface area contributed by atoms with Crippen LogP contribution in [-0.2, 0) is 14.3 Å². The fourth-order valence-electron chi connectivity index (χ4n) is 4.40. The number of ether oxygens (including phenoxy) is 1. The minimum atomic E-state index is -0.401. The Morgan fingerprint density at radius 1 is 1.17 bits per heavy atom. The van der Waals surface area contributed by atoms with Crippen molar-refractivity contribution < 1.29 is 18.7 Å². The molecule has 6 nitrogen and oxygen atoms in total. The second-order valence-corrected chi connectivity index (χ2v) is 7.91. The van der Waals surface area contributed by atoms with Gasteiger partial charge in [-0.05, 0) is 50.0 Å². The Morgan fingerprint density at radius 3 is 2.59 bits per heavy atom. The molecule has 2 atom stereocenters. The molecule has 2 saturated heterocycles. The maximum absolute atomic E-state index is 13.4. The molecular formula is C22H32FN3O3. The summed E-state index contributed by atoms with van der Waals surface area (Å²) >= 11 is 0. The van der Waals surface area contributed by atoms with E-state index in [1.807, 2.05) is 0 Å². The Hall–Kier alpha value is -1.99. The Balaban J connectivity index is 1.70. The molecule has 2 unspecified atom stereocenters. The Morgan fingerprint density at radius 2 is 1.90 bits per heavy atom. The number of carbonyl (C=O) groups excluding carboxylic acids is 2. The zero-order valence-electron chi connectivity index (χ0n) is 17.2. The van der Waals surface area contributed by atoms with Gasteiger partial charge in [0.2, 0.25) is 11.8 Å². The van der Waals surface area contributed by atoms with Gasteiger partial charge in [-0.15, -0.1) is 0 Å². The van der Waals surface area contributed by atoms with Crippen LogP contribution in [0.15, 0.2) is 24.3 Å². The molecule has 2 fully saturated rings. The Kier molecular flexibility index (Phi) is 8.00. The topological polar surface area (TPSA) is 61.9 Å². The number of methoxy groups -OCH3 is 1. The van der Waals surface area contributed by atoms with E-state index in [1.165, 1.54) is 31.4 Å². The van der Waals surface area contributed by atoms with Gasteiger partial charge < -0.3 is 19.9 Å². The number of hydrogen-bond donors (Lipinski definition) is 1. The fraction of sp³-hybridized carbons (Fsp3) is 0.636. The summed E-state index contributed by atoms with van der Waals surface area (Å²) < 4.78 is 18.6. The van der Waals surface area contributed by atoms with Gasteiger partial charge >= 0.3 is 0 Å². The summed E-state index contributed by atoms with van der Waals surface area (Å²) in [5.74, 6) is -0.710. The molecule has 7 heteroatoms. The van der Waals surface area contributed by atoms with Gasteiger partial charge in [0.15, 0.2) is 0 Å². The van der Waals surface area contributed by atoms with Gasteiger partial charge in [-0.25, -0.2) is 4.39 Å². The van der Waals surface area contributed by atoms with Crippen molar-refractivity contribution in [3.63, 3.8) is 0 Å². The van der Waals surface area contributed by atoms with Crippen LogP contribution >= 0.6 is 0 Å². The average Bonchev–Trinajstić information content (AvgIpc) is 2.74. The second kappa shape index (κ2) is 10.7. The third-order valence-corrected chi connectivity index (χ3v) is 5.97. The summed E-state index contributed by atoms with van der Waals surface area (Å²) in [7, 11) is 1.59. The molecule has 1 aromatic carbocycles. The standard InChI is InChI=1S/C22H32FN3O3/c1-29-16-15-26-20(27)10-9-19(21(26)17-5-7-18(23)8-6-17)22(28)24-11-14-25-12-3-2-4-13-25/h5-8,19,21H,2-4,9-16H2,1H3,(H,24,28). The van der Waals surface area contributed by atoms with Gasteiger partial charge in [0.25, 0.3) is 0 Å². The first kappa shape index (κ1) is 21.7. The van der Waals surface area contributed by atoms with Crippen LogP contribution in [0.4, 0.5) is 4.39 Å². The van der Waals surface area contributed by atoms with Gasteiger partial charge in [-0.1, -0.05) is 18.6 Å². The van der Waals surface area contributed by atoms with Crippen LogP contribution in [0.1, 0.15) is 43.7 Å². The summed E-state index contributed by atoms with van der Waals surface area (Å²) in [5, 5.41) is 3.08. The van der Waals surface area contributed by atoms with Gasteiger partial charge in [0.05, 0.1) is 18.6 Å². The molecular weight excluding hydrogens is 373 g/mol. The third-order valence-electron chi connectivity index (χ3n) is 5.97. The molecule has 29 heavy (non-hydrogen) atoms. The van der Waals surface area contributed by atoms with E-state index in [0.29, 0.717) is 32.5 Å². The van der Waals surface area contributed by atoms with E-state index in [0.717, 1.165) is 25.2 Å². The number of hydrogen-bond acceptors (Lipinski definition) is 4. The number of nitrogens with one attached hydrogen (secondary N) is 1. The lowest BCUT2D eigenvalue weighted by atomic mass is 9.83. The molecule has 160 valence electrons. The number of halogens is 1. The van der Waals surface area contributed by atoms with Crippen molar-refractivity contribution in [1.29, 1.82) is 0 Å². The van der Waals surface area contributed by atoms with Gasteiger partial charge in [0.1, 0.15) is 5.82 Å². The molecule has 0 spiro atoms. The summed E-state index contributed by atoms with van der Waals surface area (Å²) in [6.45, 7) is 4.46. The van der Waals surface area contributed by atoms with Crippen LogP contribution in [-0.4, -0.2) is 68.1 Å². The van der Waals surface area contributed by atoms with Crippen LogP contribution in [0.25, 0.3) is 0 Å². The monoisotopic (exact) mass is 405 g/mol. The quantitative estimate of drug-likeness (QED) is 0.721. The van der Waals surface area contributed by atoms with Crippen molar-refractivity contribution in [3.8, 4) is 0 Å². The largest absolute Gasteiger partial charge is 0.383 e. The first-order chi connectivity index (χ1) is 14.1. The lowest BCUT2D eigenvalue weighted by molar-refractivity contribution is -0.144. The number of carbonyl (C=O) groups is 2. The van der Waals surface area contributed by atoms with Crippen molar-refractivity contribution in [2.45, 2.75) is 38.1 Å². The number of amides is 2. The molecule has 0 radical (unpaired) electrons. The number of nitrogens with zero attached hydrogens (tertiary/aromatic N) is 2. The molecule has 2 aliphatic heterocycles. The molecule has 2 heterocycles. The molecule has 2 aliphatic rings. The molecule has 1 aromatic rings. The van der Waals surface area contributed by atoms with E-state index in [-0.39, 0.29) is 23.5 Å². The van der Waals surface area contributed by atoms with Crippen molar-refractivity contribution in [1.82, 2.24) is 15.1 Å². The van der Waals surface area contributed by atoms with Crippen molar-refractivity contribution in [2.24, 2.45) is 5.92 Å². The zero-order chi connectivity index (χ0) is 20.6. The second-order valence-electron chi connectivity index (χ2n) is 7.91. The predicted molar refractivity (Wildman–Crippen MR) is 109 cm³/mol. The summed E-state index contributed by atoms with van der Waals surface area (Å²) in [4.78, 5) is 29.7. The minimum Gasteiger partial charge on any atom is -0.383 e. The lowest BCUT2D eigenvalue weighted by Gasteiger charge is -2.41. The van der Waals surface area contributed by atoms with E-state index in [1.54, 1.807) is 24.1 Å². The summed E-state index contributed by atoms with van der Waals surface area (Å²) in [5.41, 5.74) is 0.784. The van der Waals surface area contributed by atoms with Crippen molar-refractivity contribution in [3.05, 3.63) is 35.6 Å². The lowest BCUT2D eigenvalue weighted by Crippen LogP contribution is -2.49. The maximum atomic E-state index is 13.4. The van der Waals surface area contributed by atoms with E-state index in [4.69, 9.17) is 4.74 Å². The summed E-state index contributed by atoms with van der Waals surface area (Å²) in [6.07, 6.45) is 4.57. The van der Waals surface area contributed by atoms with Crippen LogP contribution in [0.5, 0.6) is 0 Å². The SMILES string of the molecule is COCCN1C(=O)CCC(C(=O)NCCN2CCCCC2)C1c1ccc(F)cc1. The number of rotatable bonds is 8. The number of likely N-dealkylation sites (tertiary alicyclic amines) is 2. The van der Waals surface area contributed by atoms with Crippen LogP contribution < -0.4 is 5.32 Å². The fourth-order valence-corrected chi connectivity index (χ4v) is 4.40. The number of piperidine rings is 2. The predicted octanol–water partition coefficient (Wildman–Crippen LogP) is 2.35. The molecule has 0 aromatic heterocycles. The van der Waals surface area contributed by atoms with Gasteiger partial charge in [-0.2, -0.15) is 0 Å². The highest BCUT2D eigenvalue weighted by Crippen LogP contribution is 2.36. The molecule has 0 aliphatic carbocycles. The maximum Gasteiger partial charge on any atom is 0.225 e. The van der Waals surface area contributed by atoms with E-state index in [9.17, 15) is 14.0 Å². The highest BCUT2D eigenvalue weighted by Gasteiger charge is 2.40. The number of benzene rings is 1. The molecule has 3 rings (SSSR count). The normalized spacial score (nSPS) is 23.2. The van der Waals surface area contributed by atoms with Crippen molar-refractivity contribution >= 4 is 11.8 Å². The summed E-state index contributed by atoms with van der Waals surface area (Å²) in [6, 6.07) is 5.71. The van der Waals surface area contributed by atoms with E-state index in [2.05, 4.69) is 10.2 Å². The zero-order valence-corrected chi connectivity index (χ0v) is 17.2.